The predicted octanol–water partition coefficient (Wildman–Crippen LogP) is 2.06. The standard InChI is InChI=1S/C19H21F2N3O4S/c20-15-6-7-17(21)18(14-15)29(26,27)24-11-9-23(10-12-24)19(25)22-8-13-28-16-4-2-1-3-5-16/h1-7,14H,8-13H2,(H,22,25). The number of ether oxygens (including phenoxy) is 1. The Hall–Kier alpha value is -2.72. The summed E-state index contributed by atoms with van der Waals surface area (Å²) in [6, 6.07) is 11.1. The first-order valence-electron chi connectivity index (χ1n) is 9.04. The van der Waals surface area contributed by atoms with E-state index in [0.717, 1.165) is 16.4 Å². The van der Waals surface area contributed by atoms with E-state index in [1.165, 1.54) is 4.90 Å². The smallest absolute Gasteiger partial charge is 0.317 e. The molecule has 1 fully saturated rings. The second-order valence-corrected chi connectivity index (χ2v) is 8.27. The number of nitrogens with zero attached hydrogens (tertiary/aromatic N) is 2. The molecule has 0 spiro atoms. The van der Waals surface area contributed by atoms with Gasteiger partial charge < -0.3 is 15.0 Å². The van der Waals surface area contributed by atoms with Gasteiger partial charge in [-0.2, -0.15) is 4.31 Å². The number of sulfonamides is 1. The molecule has 1 heterocycles. The highest BCUT2D eigenvalue weighted by atomic mass is 32.2. The Balaban J connectivity index is 1.48. The van der Waals surface area contributed by atoms with Gasteiger partial charge in [0.25, 0.3) is 0 Å². The molecule has 1 aliphatic heterocycles. The van der Waals surface area contributed by atoms with Crippen LogP contribution < -0.4 is 10.1 Å². The van der Waals surface area contributed by atoms with Crippen molar-refractivity contribution in [2.24, 2.45) is 0 Å². The van der Waals surface area contributed by atoms with E-state index >= 15 is 0 Å². The summed E-state index contributed by atoms with van der Waals surface area (Å²) in [4.78, 5) is 13.0. The molecule has 7 nitrogen and oxygen atoms in total. The van der Waals surface area contributed by atoms with E-state index in [4.69, 9.17) is 4.74 Å². The quantitative estimate of drug-likeness (QED) is 0.719. The van der Waals surface area contributed by atoms with Gasteiger partial charge in [0.2, 0.25) is 10.0 Å². The molecule has 0 atom stereocenters. The Bertz CT molecular complexity index is 949. The number of hydrogen-bond donors (Lipinski definition) is 1. The Morgan fingerprint density at radius 2 is 1.72 bits per heavy atom. The molecule has 2 aromatic rings. The van der Waals surface area contributed by atoms with Gasteiger partial charge in [-0.1, -0.05) is 18.2 Å². The molecule has 2 amide bonds. The summed E-state index contributed by atoms with van der Waals surface area (Å²) in [7, 11) is -4.18. The van der Waals surface area contributed by atoms with Gasteiger partial charge in [-0.25, -0.2) is 22.0 Å². The maximum atomic E-state index is 13.9. The summed E-state index contributed by atoms with van der Waals surface area (Å²) in [5, 5.41) is 2.71. The normalized spacial score (nSPS) is 15.2. The molecular formula is C19H21F2N3O4S. The van der Waals surface area contributed by atoms with Gasteiger partial charge in [0.1, 0.15) is 28.9 Å². The first-order chi connectivity index (χ1) is 13.9. The number of carbonyl (C=O) groups is 1. The molecule has 0 bridgehead atoms. The van der Waals surface area contributed by atoms with Gasteiger partial charge in [0.05, 0.1) is 6.54 Å². The number of urea groups is 1. The van der Waals surface area contributed by atoms with Gasteiger partial charge in [-0.15, -0.1) is 0 Å². The van der Waals surface area contributed by atoms with E-state index in [0.29, 0.717) is 25.0 Å². The van der Waals surface area contributed by atoms with Crippen LogP contribution >= 0.6 is 0 Å². The zero-order chi connectivity index (χ0) is 20.9. The Labute approximate surface area is 167 Å². The monoisotopic (exact) mass is 425 g/mol. The molecular weight excluding hydrogens is 404 g/mol. The molecule has 1 saturated heterocycles. The molecule has 1 N–H and O–H groups in total. The fraction of sp³-hybridized carbons (Fsp3) is 0.316. The lowest BCUT2D eigenvalue weighted by molar-refractivity contribution is 0.170. The van der Waals surface area contributed by atoms with Gasteiger partial charge in [-0.3, -0.25) is 0 Å². The summed E-state index contributed by atoms with van der Waals surface area (Å²) in [6.45, 7) is 0.852. The average molecular weight is 425 g/mol. The predicted molar refractivity (Wildman–Crippen MR) is 102 cm³/mol. The van der Waals surface area contributed by atoms with Crippen LogP contribution in [0.3, 0.4) is 0 Å². The Morgan fingerprint density at radius 1 is 1.03 bits per heavy atom. The first kappa shape index (κ1) is 21.0. The lowest BCUT2D eigenvalue weighted by Gasteiger charge is -2.34. The lowest BCUT2D eigenvalue weighted by Crippen LogP contribution is -2.53. The van der Waals surface area contributed by atoms with E-state index in [-0.39, 0.29) is 32.2 Å². The number of rotatable bonds is 6. The van der Waals surface area contributed by atoms with Crippen molar-refractivity contribution in [1.82, 2.24) is 14.5 Å². The number of nitrogens with one attached hydrogen (secondary N) is 1. The van der Waals surface area contributed by atoms with Crippen LogP contribution in [-0.4, -0.2) is 63.0 Å². The summed E-state index contributed by atoms with van der Waals surface area (Å²) in [5.74, 6) is -1.14. The van der Waals surface area contributed by atoms with Crippen LogP contribution in [0.4, 0.5) is 13.6 Å². The molecule has 0 aromatic heterocycles. The van der Waals surface area contributed by atoms with Crippen molar-refractivity contribution in [3.8, 4) is 5.75 Å². The molecule has 0 unspecified atom stereocenters. The van der Waals surface area contributed by atoms with Gasteiger partial charge in [0, 0.05) is 26.2 Å². The highest BCUT2D eigenvalue weighted by molar-refractivity contribution is 7.89. The second kappa shape index (κ2) is 9.19. The number of piperazine rings is 1. The lowest BCUT2D eigenvalue weighted by atomic mass is 10.3. The van der Waals surface area contributed by atoms with E-state index in [2.05, 4.69) is 5.32 Å². The molecule has 29 heavy (non-hydrogen) atoms. The highest BCUT2D eigenvalue weighted by Crippen LogP contribution is 2.21. The number of amides is 2. The Kier molecular flexibility index (Phi) is 6.65. The minimum atomic E-state index is -4.18. The van der Waals surface area contributed by atoms with Crippen molar-refractivity contribution < 1.29 is 26.7 Å². The third-order valence-electron chi connectivity index (χ3n) is 4.43. The van der Waals surface area contributed by atoms with Crippen LogP contribution in [0.25, 0.3) is 0 Å². The number of para-hydroxylation sites is 1. The highest BCUT2D eigenvalue weighted by Gasteiger charge is 2.32. The zero-order valence-corrected chi connectivity index (χ0v) is 16.4. The van der Waals surface area contributed by atoms with Crippen molar-refractivity contribution in [1.29, 1.82) is 0 Å². The topological polar surface area (TPSA) is 79.0 Å². The minimum absolute atomic E-state index is 0.00772. The van der Waals surface area contributed by atoms with Gasteiger partial charge in [-0.05, 0) is 30.3 Å². The van der Waals surface area contributed by atoms with E-state index in [9.17, 15) is 22.0 Å². The van der Waals surface area contributed by atoms with E-state index in [1.807, 2.05) is 30.3 Å². The number of benzene rings is 2. The molecule has 0 aliphatic carbocycles. The number of carbonyl (C=O) groups excluding carboxylic acids is 1. The fourth-order valence-electron chi connectivity index (χ4n) is 2.90. The Morgan fingerprint density at radius 3 is 2.41 bits per heavy atom. The molecule has 0 radical (unpaired) electrons. The maximum absolute atomic E-state index is 13.9. The molecule has 156 valence electrons. The molecule has 2 aromatic carbocycles. The largest absolute Gasteiger partial charge is 0.492 e. The van der Waals surface area contributed by atoms with Gasteiger partial charge >= 0.3 is 6.03 Å². The molecule has 1 aliphatic rings. The minimum Gasteiger partial charge on any atom is -0.492 e. The summed E-state index contributed by atoms with van der Waals surface area (Å²) in [5.41, 5.74) is 0. The van der Waals surface area contributed by atoms with Crippen LogP contribution in [0.2, 0.25) is 0 Å². The van der Waals surface area contributed by atoms with Crippen molar-refractivity contribution in [3.63, 3.8) is 0 Å². The third kappa shape index (κ3) is 5.21. The summed E-state index contributed by atoms with van der Waals surface area (Å²) in [6.07, 6.45) is 0. The van der Waals surface area contributed by atoms with E-state index < -0.39 is 26.6 Å². The van der Waals surface area contributed by atoms with Crippen molar-refractivity contribution in [2.75, 3.05) is 39.3 Å². The van der Waals surface area contributed by atoms with Crippen LogP contribution in [0.1, 0.15) is 0 Å². The van der Waals surface area contributed by atoms with Crippen molar-refractivity contribution >= 4 is 16.1 Å². The molecule has 0 saturated carbocycles. The SMILES string of the molecule is O=C(NCCOc1ccccc1)N1CCN(S(=O)(=O)c2cc(F)ccc2F)CC1. The van der Waals surface area contributed by atoms with Crippen LogP contribution in [0, 0.1) is 11.6 Å². The van der Waals surface area contributed by atoms with Crippen LogP contribution in [0.15, 0.2) is 53.4 Å². The number of halogens is 2. The van der Waals surface area contributed by atoms with Gasteiger partial charge in [0.15, 0.2) is 0 Å². The third-order valence-corrected chi connectivity index (χ3v) is 6.34. The molecule has 10 heteroatoms. The zero-order valence-electron chi connectivity index (χ0n) is 15.6. The van der Waals surface area contributed by atoms with Crippen LogP contribution in [-0.2, 0) is 10.0 Å². The maximum Gasteiger partial charge on any atom is 0.317 e. The fourth-order valence-corrected chi connectivity index (χ4v) is 4.40. The number of hydrogen-bond acceptors (Lipinski definition) is 4. The van der Waals surface area contributed by atoms with Crippen LogP contribution in [0.5, 0.6) is 5.75 Å². The summed E-state index contributed by atoms with van der Waals surface area (Å²) >= 11 is 0. The second-order valence-electron chi connectivity index (χ2n) is 6.36. The average Bonchev–Trinajstić information content (AvgIpc) is 2.73. The molecule has 3 rings (SSSR count). The van der Waals surface area contributed by atoms with E-state index in [1.54, 1.807) is 0 Å². The van der Waals surface area contributed by atoms with Crippen molar-refractivity contribution in [3.05, 3.63) is 60.2 Å². The first-order valence-corrected chi connectivity index (χ1v) is 10.5. The summed E-state index contributed by atoms with van der Waals surface area (Å²) < 4.78 is 58.9. The van der Waals surface area contributed by atoms with Crippen molar-refractivity contribution in [2.45, 2.75) is 4.90 Å².